The van der Waals surface area contributed by atoms with Gasteiger partial charge in [0.15, 0.2) is 0 Å². The number of pyridine rings is 1. The number of hydrogen-bond acceptors (Lipinski definition) is 3. The maximum absolute atomic E-state index is 13.3. The highest BCUT2D eigenvalue weighted by Gasteiger charge is 2.36. The first-order chi connectivity index (χ1) is 18.0. The molecule has 0 saturated heterocycles. The van der Waals surface area contributed by atoms with Crippen molar-refractivity contribution in [2.45, 2.75) is 85.9 Å². The second-order valence-corrected chi connectivity index (χ2v) is 12.2. The molecule has 2 unspecified atom stereocenters. The predicted octanol–water partition coefficient (Wildman–Crippen LogP) is 7.82. The van der Waals surface area contributed by atoms with Gasteiger partial charge in [0.25, 0.3) is 0 Å². The monoisotopic (exact) mass is 514 g/mol. The van der Waals surface area contributed by atoms with Gasteiger partial charge in [-0.2, -0.15) is 0 Å². The summed E-state index contributed by atoms with van der Waals surface area (Å²) in [6.45, 7) is 13.9. The van der Waals surface area contributed by atoms with Crippen LogP contribution in [0.5, 0.6) is 0 Å². The number of alkyl halides is 1. The lowest BCUT2D eigenvalue weighted by Gasteiger charge is -2.25. The van der Waals surface area contributed by atoms with Crippen LogP contribution in [0.15, 0.2) is 60.8 Å². The molecule has 0 aliphatic heterocycles. The van der Waals surface area contributed by atoms with Gasteiger partial charge in [-0.05, 0) is 90.8 Å². The summed E-state index contributed by atoms with van der Waals surface area (Å²) in [7, 11) is 0. The summed E-state index contributed by atoms with van der Waals surface area (Å²) in [5.41, 5.74) is 7.10. The Hall–Kier alpha value is -3.01. The SMILES string of the molecule is CC(=O)C(C)(C)Cc1ccc(CCN(Cc2ccc(CC3CC3F)cc2)c2ccc(C(C)C)cn2)cc1C. The molecule has 3 nitrogen and oxygen atoms in total. The Morgan fingerprint density at radius 1 is 1.05 bits per heavy atom. The Morgan fingerprint density at radius 2 is 1.71 bits per heavy atom. The number of anilines is 1. The topological polar surface area (TPSA) is 33.2 Å². The molecule has 1 fully saturated rings. The second-order valence-electron chi connectivity index (χ2n) is 12.2. The van der Waals surface area contributed by atoms with E-state index in [1.165, 1.54) is 33.4 Å². The minimum atomic E-state index is -0.608. The van der Waals surface area contributed by atoms with Gasteiger partial charge < -0.3 is 4.90 Å². The molecule has 2 atom stereocenters. The zero-order chi connectivity index (χ0) is 27.4. The van der Waals surface area contributed by atoms with Crippen molar-refractivity contribution in [1.82, 2.24) is 4.98 Å². The molecule has 4 rings (SSSR count). The first-order valence-electron chi connectivity index (χ1n) is 14.0. The largest absolute Gasteiger partial charge is 0.352 e. The third kappa shape index (κ3) is 7.30. The maximum Gasteiger partial charge on any atom is 0.135 e. The maximum atomic E-state index is 13.3. The van der Waals surface area contributed by atoms with Gasteiger partial charge in [0, 0.05) is 24.7 Å². The van der Waals surface area contributed by atoms with E-state index in [1.54, 1.807) is 6.92 Å². The summed E-state index contributed by atoms with van der Waals surface area (Å²) >= 11 is 0. The first-order valence-corrected chi connectivity index (χ1v) is 14.0. The van der Waals surface area contributed by atoms with Crippen LogP contribution in [-0.4, -0.2) is 23.5 Å². The molecule has 2 aromatic carbocycles. The Balaban J connectivity index is 1.47. The molecular weight excluding hydrogens is 471 g/mol. The Bertz CT molecular complexity index is 1230. The first kappa shape index (κ1) is 28.0. The number of rotatable bonds is 12. The van der Waals surface area contributed by atoms with Crippen LogP contribution < -0.4 is 4.90 Å². The van der Waals surface area contributed by atoms with Crippen molar-refractivity contribution in [3.05, 3.63) is 94.2 Å². The van der Waals surface area contributed by atoms with E-state index in [1.807, 2.05) is 20.0 Å². The van der Waals surface area contributed by atoms with Gasteiger partial charge in [-0.15, -0.1) is 0 Å². The van der Waals surface area contributed by atoms with Crippen molar-refractivity contribution in [1.29, 1.82) is 0 Å². The van der Waals surface area contributed by atoms with Crippen LogP contribution in [0.4, 0.5) is 10.2 Å². The molecule has 38 heavy (non-hydrogen) atoms. The van der Waals surface area contributed by atoms with Gasteiger partial charge in [0.1, 0.15) is 17.8 Å². The second kappa shape index (κ2) is 11.8. The highest BCUT2D eigenvalue weighted by molar-refractivity contribution is 5.81. The average Bonchev–Trinajstić information content (AvgIpc) is 3.58. The molecule has 3 aromatic rings. The minimum Gasteiger partial charge on any atom is -0.352 e. The van der Waals surface area contributed by atoms with E-state index in [4.69, 9.17) is 4.98 Å². The molecule has 1 aromatic heterocycles. The van der Waals surface area contributed by atoms with E-state index in [0.29, 0.717) is 12.3 Å². The molecule has 202 valence electrons. The highest BCUT2D eigenvalue weighted by Crippen LogP contribution is 2.36. The number of ketones is 1. The van der Waals surface area contributed by atoms with Gasteiger partial charge in [-0.3, -0.25) is 4.79 Å². The molecule has 0 spiro atoms. The molecule has 1 heterocycles. The van der Waals surface area contributed by atoms with Crippen molar-refractivity contribution in [3.63, 3.8) is 0 Å². The summed E-state index contributed by atoms with van der Waals surface area (Å²) in [6, 6.07) is 19.6. The van der Waals surface area contributed by atoms with E-state index >= 15 is 0 Å². The predicted molar refractivity (Wildman–Crippen MR) is 156 cm³/mol. The molecule has 0 N–H and O–H groups in total. The number of halogens is 1. The highest BCUT2D eigenvalue weighted by atomic mass is 19.1. The average molecular weight is 515 g/mol. The normalized spacial score (nSPS) is 17.1. The summed E-state index contributed by atoms with van der Waals surface area (Å²) < 4.78 is 13.3. The smallest absolute Gasteiger partial charge is 0.135 e. The van der Waals surface area contributed by atoms with E-state index in [-0.39, 0.29) is 17.1 Å². The molecule has 1 aliphatic rings. The summed E-state index contributed by atoms with van der Waals surface area (Å²) in [6.07, 6.45) is 4.60. The van der Waals surface area contributed by atoms with Crippen molar-refractivity contribution in [3.8, 4) is 0 Å². The number of aromatic nitrogens is 1. The fourth-order valence-electron chi connectivity index (χ4n) is 4.90. The third-order valence-corrected chi connectivity index (χ3v) is 8.15. The number of carbonyl (C=O) groups excluding carboxylic acids is 1. The van der Waals surface area contributed by atoms with Crippen molar-refractivity contribution >= 4 is 11.6 Å². The van der Waals surface area contributed by atoms with Gasteiger partial charge >= 0.3 is 0 Å². The number of hydrogen-bond donors (Lipinski definition) is 0. The Labute approximate surface area is 228 Å². The standard InChI is InChI=1S/C34H43FN2O/c1-23(2)30-13-14-33(36-21-30)37(22-28-9-7-26(8-10-28)18-31-19-32(31)35)16-15-27-11-12-29(24(3)17-27)20-34(5,6)25(4)38/h7-14,17,21,23,31-32H,15-16,18-20,22H2,1-6H3. The number of Topliss-reactive ketones (excluding diaryl/α,β-unsaturated/α-hetero) is 1. The summed E-state index contributed by atoms with van der Waals surface area (Å²) in [5, 5.41) is 0. The molecule has 4 heteroatoms. The summed E-state index contributed by atoms with van der Waals surface area (Å²) in [4.78, 5) is 19.2. The van der Waals surface area contributed by atoms with Gasteiger partial charge in [0.2, 0.25) is 0 Å². The van der Waals surface area contributed by atoms with Crippen LogP contribution in [0.25, 0.3) is 0 Å². The Morgan fingerprint density at radius 3 is 2.26 bits per heavy atom. The van der Waals surface area contributed by atoms with Crippen LogP contribution in [0.3, 0.4) is 0 Å². The molecule has 0 bridgehead atoms. The van der Waals surface area contributed by atoms with Crippen molar-refractivity contribution in [2.24, 2.45) is 11.3 Å². The number of nitrogens with zero attached hydrogens (tertiary/aromatic N) is 2. The van der Waals surface area contributed by atoms with Crippen LogP contribution in [0, 0.1) is 18.3 Å². The number of benzene rings is 2. The summed E-state index contributed by atoms with van der Waals surface area (Å²) in [5.74, 6) is 1.86. The molecule has 0 amide bonds. The van der Waals surface area contributed by atoms with E-state index in [2.05, 4.69) is 80.3 Å². The third-order valence-electron chi connectivity index (χ3n) is 8.15. The number of aryl methyl sites for hydroxylation is 1. The Kier molecular flexibility index (Phi) is 8.70. The quantitative estimate of drug-likeness (QED) is 0.247. The number of carbonyl (C=O) groups is 1. The van der Waals surface area contributed by atoms with E-state index in [0.717, 1.165) is 38.2 Å². The lowest BCUT2D eigenvalue weighted by molar-refractivity contribution is -0.124. The molecular formula is C34H43FN2O. The zero-order valence-electron chi connectivity index (χ0n) is 23.9. The van der Waals surface area contributed by atoms with Crippen LogP contribution in [0.2, 0.25) is 0 Å². The molecule has 1 saturated carbocycles. The van der Waals surface area contributed by atoms with Gasteiger partial charge in [0.05, 0.1) is 0 Å². The van der Waals surface area contributed by atoms with Crippen molar-refractivity contribution in [2.75, 3.05) is 11.4 Å². The van der Waals surface area contributed by atoms with Gasteiger partial charge in [-0.1, -0.05) is 76.2 Å². The fraction of sp³-hybridized carbons (Fsp3) is 0.471. The van der Waals surface area contributed by atoms with Crippen LogP contribution in [-0.2, 0) is 30.6 Å². The van der Waals surface area contributed by atoms with Crippen molar-refractivity contribution < 1.29 is 9.18 Å². The fourth-order valence-corrected chi connectivity index (χ4v) is 4.90. The van der Waals surface area contributed by atoms with Gasteiger partial charge in [-0.25, -0.2) is 9.37 Å². The lowest BCUT2D eigenvalue weighted by atomic mass is 9.81. The molecule has 1 aliphatic carbocycles. The minimum absolute atomic E-state index is 0.212. The zero-order valence-corrected chi connectivity index (χ0v) is 23.9. The van der Waals surface area contributed by atoms with Crippen LogP contribution >= 0.6 is 0 Å². The molecule has 0 radical (unpaired) electrons. The van der Waals surface area contributed by atoms with E-state index < -0.39 is 6.17 Å². The van der Waals surface area contributed by atoms with E-state index in [9.17, 15) is 9.18 Å². The van der Waals surface area contributed by atoms with Crippen LogP contribution in [0.1, 0.15) is 80.3 Å². The lowest BCUT2D eigenvalue weighted by Crippen LogP contribution is -2.26.